The maximum absolute atomic E-state index is 12.6. The van der Waals surface area contributed by atoms with Gasteiger partial charge < -0.3 is 0 Å². The number of halogens is 2. The van der Waals surface area contributed by atoms with Crippen LogP contribution in [0.25, 0.3) is 17.0 Å². The largest absolute Gasteiger partial charge is 0.291 e. The molecule has 2 aromatic heterocycles. The molecule has 0 aliphatic rings. The summed E-state index contributed by atoms with van der Waals surface area (Å²) in [5.74, 6) is 0.607. The Bertz CT molecular complexity index is 1290. The van der Waals surface area contributed by atoms with Crippen molar-refractivity contribution in [2.24, 2.45) is 0 Å². The number of rotatable bonds is 4. The Labute approximate surface area is 171 Å². The molecule has 0 spiro atoms. The molecule has 0 unspecified atom stereocenters. The molecule has 4 rings (SSSR count). The molecule has 0 fully saturated rings. The maximum atomic E-state index is 12.6. The number of benzene rings is 2. The van der Waals surface area contributed by atoms with E-state index >= 15 is 0 Å². The van der Waals surface area contributed by atoms with Gasteiger partial charge in [-0.3, -0.25) is 9.12 Å². The summed E-state index contributed by atoms with van der Waals surface area (Å²) >= 11 is 11.9. The zero-order valence-corrected chi connectivity index (χ0v) is 16.9. The van der Waals surface area contributed by atoms with Gasteiger partial charge in [-0.25, -0.2) is 18.4 Å². The summed E-state index contributed by atoms with van der Waals surface area (Å²) in [6.45, 7) is 1.90. The van der Waals surface area contributed by atoms with Crippen molar-refractivity contribution in [2.45, 2.75) is 11.8 Å². The fourth-order valence-electron chi connectivity index (χ4n) is 2.70. The van der Waals surface area contributed by atoms with Gasteiger partial charge in [0, 0.05) is 34.4 Å². The number of anilines is 1. The summed E-state index contributed by atoms with van der Waals surface area (Å²) in [4.78, 5) is 8.80. The monoisotopic (exact) mass is 432 g/mol. The Morgan fingerprint density at radius 2 is 1.75 bits per heavy atom. The van der Waals surface area contributed by atoms with Gasteiger partial charge in [0.2, 0.25) is 5.78 Å². The first-order valence-corrected chi connectivity index (χ1v) is 10.5. The normalized spacial score (nSPS) is 11.7. The average Bonchev–Trinajstić information content (AvgIpc) is 3.07. The summed E-state index contributed by atoms with van der Waals surface area (Å²) in [5.41, 5.74) is 2.86. The zero-order valence-electron chi connectivity index (χ0n) is 14.6. The highest BCUT2D eigenvalue weighted by Crippen LogP contribution is 2.28. The number of imidazole rings is 1. The lowest BCUT2D eigenvalue weighted by atomic mass is 10.1. The smallest absolute Gasteiger partial charge is 0.263 e. The van der Waals surface area contributed by atoms with E-state index in [2.05, 4.69) is 14.7 Å². The topological polar surface area (TPSA) is 76.4 Å². The SMILES string of the molecule is Cc1ccn2cc(-c3ccc(NS(=O)(=O)c4cc(Cl)ccc4Cl)cc3)nc2n1. The number of nitrogens with zero attached hydrogens (tertiary/aromatic N) is 3. The predicted molar refractivity (Wildman–Crippen MR) is 110 cm³/mol. The molecule has 2 heterocycles. The summed E-state index contributed by atoms with van der Waals surface area (Å²) in [6.07, 6.45) is 3.76. The quantitative estimate of drug-likeness (QED) is 0.501. The van der Waals surface area contributed by atoms with E-state index in [4.69, 9.17) is 23.2 Å². The van der Waals surface area contributed by atoms with Gasteiger partial charge >= 0.3 is 0 Å². The van der Waals surface area contributed by atoms with Crippen molar-refractivity contribution in [3.63, 3.8) is 0 Å². The van der Waals surface area contributed by atoms with Crippen molar-refractivity contribution in [3.05, 3.63) is 76.7 Å². The molecule has 0 saturated heterocycles. The molecule has 0 bridgehead atoms. The lowest BCUT2D eigenvalue weighted by molar-refractivity contribution is 0.601. The first-order valence-electron chi connectivity index (χ1n) is 8.22. The predicted octanol–water partition coefficient (Wildman–Crippen LogP) is 4.81. The summed E-state index contributed by atoms with van der Waals surface area (Å²) in [5, 5.41) is 0.386. The Hall–Kier alpha value is -2.61. The lowest BCUT2D eigenvalue weighted by Crippen LogP contribution is -2.13. The third-order valence-electron chi connectivity index (χ3n) is 4.08. The van der Waals surface area contributed by atoms with Gasteiger partial charge in [0.1, 0.15) is 4.90 Å². The van der Waals surface area contributed by atoms with Crippen LogP contribution in [-0.2, 0) is 10.0 Å². The Balaban J connectivity index is 1.61. The van der Waals surface area contributed by atoms with Gasteiger partial charge in [0.05, 0.1) is 10.7 Å². The van der Waals surface area contributed by atoms with Crippen LogP contribution in [-0.4, -0.2) is 22.8 Å². The third kappa shape index (κ3) is 3.69. The Kier molecular flexibility index (Phi) is 4.74. The number of aryl methyl sites for hydroxylation is 1. The van der Waals surface area contributed by atoms with E-state index in [0.29, 0.717) is 11.5 Å². The van der Waals surface area contributed by atoms with Gasteiger partial charge in [0.25, 0.3) is 10.0 Å². The van der Waals surface area contributed by atoms with E-state index in [9.17, 15) is 8.42 Å². The van der Waals surface area contributed by atoms with Crippen molar-refractivity contribution >= 4 is 44.7 Å². The van der Waals surface area contributed by atoms with E-state index in [1.807, 2.05) is 29.8 Å². The summed E-state index contributed by atoms with van der Waals surface area (Å²) in [7, 11) is -3.87. The standard InChI is InChI=1S/C19H14Cl2N4O2S/c1-12-8-9-25-11-17(23-19(25)22-12)13-2-5-15(6-3-13)24-28(26,27)18-10-14(20)4-7-16(18)21/h2-11,24H,1H3. The van der Waals surface area contributed by atoms with Crippen LogP contribution < -0.4 is 4.72 Å². The van der Waals surface area contributed by atoms with Crippen LogP contribution in [0.15, 0.2) is 65.8 Å². The molecule has 1 N–H and O–H groups in total. The average molecular weight is 433 g/mol. The van der Waals surface area contributed by atoms with Crippen LogP contribution in [0.1, 0.15) is 5.69 Å². The van der Waals surface area contributed by atoms with E-state index < -0.39 is 10.0 Å². The molecule has 0 amide bonds. The minimum Gasteiger partial charge on any atom is -0.291 e. The summed E-state index contributed by atoms with van der Waals surface area (Å²) < 4.78 is 29.5. The number of aromatic nitrogens is 3. The molecule has 2 aromatic carbocycles. The van der Waals surface area contributed by atoms with Crippen LogP contribution >= 0.6 is 23.2 Å². The number of sulfonamides is 1. The van der Waals surface area contributed by atoms with Crippen LogP contribution in [0.4, 0.5) is 5.69 Å². The fourth-order valence-corrected chi connectivity index (χ4v) is 4.52. The van der Waals surface area contributed by atoms with Gasteiger partial charge in [-0.1, -0.05) is 35.3 Å². The molecule has 6 nitrogen and oxygen atoms in total. The molecule has 0 saturated carbocycles. The Morgan fingerprint density at radius 3 is 2.50 bits per heavy atom. The highest BCUT2D eigenvalue weighted by Gasteiger charge is 2.18. The highest BCUT2D eigenvalue weighted by molar-refractivity contribution is 7.92. The molecule has 9 heteroatoms. The second kappa shape index (κ2) is 7.09. The molecule has 0 aliphatic carbocycles. The van der Waals surface area contributed by atoms with Crippen LogP contribution in [0.3, 0.4) is 0 Å². The second-order valence-electron chi connectivity index (χ2n) is 6.16. The maximum Gasteiger partial charge on any atom is 0.263 e. The van der Waals surface area contributed by atoms with Gasteiger partial charge in [-0.2, -0.15) is 0 Å². The fraction of sp³-hybridized carbons (Fsp3) is 0.0526. The molecule has 28 heavy (non-hydrogen) atoms. The van der Waals surface area contributed by atoms with Gasteiger partial charge in [-0.05, 0) is 43.3 Å². The van der Waals surface area contributed by atoms with Crippen molar-refractivity contribution in [2.75, 3.05) is 4.72 Å². The number of hydrogen-bond acceptors (Lipinski definition) is 4. The highest BCUT2D eigenvalue weighted by atomic mass is 35.5. The lowest BCUT2D eigenvalue weighted by Gasteiger charge is -2.10. The molecule has 4 aromatic rings. The third-order valence-corrected chi connectivity index (χ3v) is 6.18. The van der Waals surface area contributed by atoms with Gasteiger partial charge in [0.15, 0.2) is 0 Å². The molecule has 0 radical (unpaired) electrons. The molecular formula is C19H14Cl2N4O2S. The van der Waals surface area contributed by atoms with E-state index in [0.717, 1.165) is 17.0 Å². The van der Waals surface area contributed by atoms with Gasteiger partial charge in [-0.15, -0.1) is 0 Å². The Morgan fingerprint density at radius 1 is 1.00 bits per heavy atom. The first kappa shape index (κ1) is 18.7. The molecule has 142 valence electrons. The van der Waals surface area contributed by atoms with Crippen LogP contribution in [0.5, 0.6) is 0 Å². The molecule has 0 atom stereocenters. The van der Waals surface area contributed by atoms with Crippen molar-refractivity contribution in [3.8, 4) is 11.3 Å². The first-order chi connectivity index (χ1) is 13.3. The molecular weight excluding hydrogens is 419 g/mol. The van der Waals surface area contributed by atoms with Crippen molar-refractivity contribution in [1.29, 1.82) is 0 Å². The number of nitrogens with one attached hydrogen (secondary N) is 1. The number of fused-ring (bicyclic) bond motifs is 1. The van der Waals surface area contributed by atoms with Crippen LogP contribution in [0, 0.1) is 6.92 Å². The summed E-state index contributed by atoms with van der Waals surface area (Å²) in [6, 6.07) is 13.1. The van der Waals surface area contributed by atoms with E-state index in [1.54, 1.807) is 24.3 Å². The van der Waals surface area contributed by atoms with Crippen molar-refractivity contribution in [1.82, 2.24) is 14.4 Å². The second-order valence-corrected chi connectivity index (χ2v) is 8.65. The minimum absolute atomic E-state index is 0.0764. The zero-order chi connectivity index (χ0) is 19.9. The van der Waals surface area contributed by atoms with Crippen LogP contribution in [0.2, 0.25) is 10.0 Å². The van der Waals surface area contributed by atoms with Crippen molar-refractivity contribution < 1.29 is 8.42 Å². The van der Waals surface area contributed by atoms with E-state index in [1.165, 1.54) is 18.2 Å². The minimum atomic E-state index is -3.87. The van der Waals surface area contributed by atoms with E-state index in [-0.39, 0.29) is 14.9 Å². The molecule has 0 aliphatic heterocycles. The number of hydrogen-bond donors (Lipinski definition) is 1.